The first-order valence-electron chi connectivity index (χ1n) is 7.41. The van der Waals surface area contributed by atoms with Gasteiger partial charge in [0.15, 0.2) is 0 Å². The molecule has 0 spiro atoms. The van der Waals surface area contributed by atoms with Gasteiger partial charge < -0.3 is 5.32 Å². The van der Waals surface area contributed by atoms with E-state index in [0.29, 0.717) is 0 Å². The summed E-state index contributed by atoms with van der Waals surface area (Å²) in [7, 11) is 0. The molecule has 1 fully saturated rings. The Morgan fingerprint density at radius 1 is 1.05 bits per heavy atom. The molecule has 20 heavy (non-hydrogen) atoms. The summed E-state index contributed by atoms with van der Waals surface area (Å²) in [4.78, 5) is 1.34. The van der Waals surface area contributed by atoms with Crippen molar-refractivity contribution in [2.75, 3.05) is 11.1 Å². The van der Waals surface area contributed by atoms with Crippen molar-refractivity contribution in [3.05, 3.63) is 59.7 Å². The molecule has 2 aromatic carbocycles. The summed E-state index contributed by atoms with van der Waals surface area (Å²) >= 11 is 1.89. The number of thioether (sulfide) groups is 1. The highest BCUT2D eigenvalue weighted by Crippen LogP contribution is 2.39. The number of hydrogen-bond acceptors (Lipinski definition) is 2. The van der Waals surface area contributed by atoms with E-state index in [4.69, 9.17) is 0 Å². The van der Waals surface area contributed by atoms with E-state index in [2.05, 4.69) is 60.8 Å². The van der Waals surface area contributed by atoms with Crippen LogP contribution in [0.15, 0.2) is 53.4 Å². The Bertz CT molecular complexity index is 558. The second-order valence-electron chi connectivity index (χ2n) is 5.30. The van der Waals surface area contributed by atoms with Gasteiger partial charge >= 0.3 is 0 Å². The zero-order valence-electron chi connectivity index (χ0n) is 11.9. The van der Waals surface area contributed by atoms with Gasteiger partial charge in [-0.15, -0.1) is 11.8 Å². The lowest BCUT2D eigenvalue weighted by Gasteiger charge is -2.11. The van der Waals surface area contributed by atoms with Crippen LogP contribution in [0.4, 0.5) is 5.69 Å². The van der Waals surface area contributed by atoms with Crippen LogP contribution >= 0.6 is 11.8 Å². The van der Waals surface area contributed by atoms with Crippen molar-refractivity contribution in [2.45, 2.75) is 37.1 Å². The van der Waals surface area contributed by atoms with Crippen molar-refractivity contribution < 1.29 is 0 Å². The van der Waals surface area contributed by atoms with Gasteiger partial charge in [0.2, 0.25) is 0 Å². The smallest absolute Gasteiger partial charge is 0.0481 e. The lowest BCUT2D eigenvalue weighted by molar-refractivity contribution is 1.09. The summed E-state index contributed by atoms with van der Waals surface area (Å²) in [6, 6.07) is 17.7. The van der Waals surface area contributed by atoms with Gasteiger partial charge in [-0.3, -0.25) is 0 Å². The molecule has 0 unspecified atom stereocenters. The van der Waals surface area contributed by atoms with Crippen LogP contribution in [0.5, 0.6) is 0 Å². The summed E-state index contributed by atoms with van der Waals surface area (Å²) in [5.41, 5.74) is 4.10. The highest BCUT2D eigenvalue weighted by Gasteiger charge is 2.22. The van der Waals surface area contributed by atoms with E-state index in [1.165, 1.54) is 34.6 Å². The summed E-state index contributed by atoms with van der Waals surface area (Å²) in [5.74, 6) is 1.95. The van der Waals surface area contributed by atoms with E-state index >= 15 is 0 Å². The average molecular weight is 283 g/mol. The van der Waals surface area contributed by atoms with Crippen LogP contribution in [0.3, 0.4) is 0 Å². The molecule has 1 N–H and O–H groups in total. The van der Waals surface area contributed by atoms with Gasteiger partial charge in [-0.05, 0) is 47.8 Å². The Balaban J connectivity index is 1.63. The van der Waals surface area contributed by atoms with E-state index in [1.807, 2.05) is 11.8 Å². The molecule has 1 aliphatic carbocycles. The van der Waals surface area contributed by atoms with E-state index in [9.17, 15) is 0 Å². The Morgan fingerprint density at radius 3 is 2.50 bits per heavy atom. The Hall–Kier alpha value is -1.41. The monoisotopic (exact) mass is 283 g/mol. The molecule has 0 saturated heterocycles. The molecule has 1 nitrogen and oxygen atoms in total. The molecule has 0 amide bonds. The Labute approximate surface area is 125 Å². The van der Waals surface area contributed by atoms with Crippen molar-refractivity contribution in [1.29, 1.82) is 0 Å². The minimum Gasteiger partial charge on any atom is -0.380 e. The molecule has 0 heterocycles. The quantitative estimate of drug-likeness (QED) is 0.723. The second kappa shape index (κ2) is 6.36. The lowest BCUT2D eigenvalue weighted by Crippen LogP contribution is -2.00. The van der Waals surface area contributed by atoms with Crippen LogP contribution in [0.25, 0.3) is 0 Å². The van der Waals surface area contributed by atoms with Gasteiger partial charge in [0.25, 0.3) is 0 Å². The third-order valence-corrected chi connectivity index (χ3v) is 4.65. The third-order valence-electron chi connectivity index (χ3n) is 3.70. The Kier molecular flexibility index (Phi) is 4.31. The average Bonchev–Trinajstić information content (AvgIpc) is 3.32. The first-order valence-corrected chi connectivity index (χ1v) is 8.40. The number of hydrogen-bond donors (Lipinski definition) is 1. The standard InChI is InChI=1S/C18H21NS/c1-2-20-18-6-4-3-5-17(18)19-13-14-7-9-15(10-8-14)16-11-12-16/h3-10,16,19H,2,11-13H2,1H3. The first kappa shape index (κ1) is 13.6. The predicted molar refractivity (Wildman–Crippen MR) is 88.6 cm³/mol. The normalized spacial score (nSPS) is 14.2. The van der Waals surface area contributed by atoms with Crippen LogP contribution in [-0.2, 0) is 6.54 Å². The fourth-order valence-electron chi connectivity index (χ4n) is 2.42. The van der Waals surface area contributed by atoms with Crippen LogP contribution in [0.2, 0.25) is 0 Å². The number of nitrogens with one attached hydrogen (secondary N) is 1. The van der Waals surface area contributed by atoms with Gasteiger partial charge in [-0.1, -0.05) is 43.3 Å². The van der Waals surface area contributed by atoms with Crippen LogP contribution in [-0.4, -0.2) is 5.75 Å². The van der Waals surface area contributed by atoms with Gasteiger partial charge in [-0.2, -0.15) is 0 Å². The summed E-state index contributed by atoms with van der Waals surface area (Å²) in [6.07, 6.45) is 2.75. The van der Waals surface area contributed by atoms with E-state index in [-0.39, 0.29) is 0 Å². The van der Waals surface area contributed by atoms with Crippen molar-refractivity contribution in [2.24, 2.45) is 0 Å². The molecular formula is C18H21NS. The molecule has 0 aliphatic heterocycles. The largest absolute Gasteiger partial charge is 0.380 e. The summed E-state index contributed by atoms with van der Waals surface area (Å²) in [5, 5.41) is 3.56. The van der Waals surface area contributed by atoms with Crippen LogP contribution < -0.4 is 5.32 Å². The topological polar surface area (TPSA) is 12.0 Å². The SMILES string of the molecule is CCSc1ccccc1NCc1ccc(C2CC2)cc1. The minimum atomic E-state index is 0.846. The van der Waals surface area contributed by atoms with Crippen molar-refractivity contribution in [3.8, 4) is 0 Å². The fraction of sp³-hybridized carbons (Fsp3) is 0.333. The van der Waals surface area contributed by atoms with E-state index in [1.54, 1.807) is 0 Å². The molecule has 1 saturated carbocycles. The molecule has 0 aromatic heterocycles. The number of benzene rings is 2. The molecule has 104 valence electrons. The summed E-state index contributed by atoms with van der Waals surface area (Å²) in [6.45, 7) is 3.09. The zero-order chi connectivity index (χ0) is 13.8. The lowest BCUT2D eigenvalue weighted by atomic mass is 10.1. The molecule has 2 aromatic rings. The number of anilines is 1. The van der Waals surface area contributed by atoms with E-state index in [0.717, 1.165) is 18.2 Å². The maximum atomic E-state index is 3.56. The van der Waals surface area contributed by atoms with Gasteiger partial charge in [0, 0.05) is 17.1 Å². The third kappa shape index (κ3) is 3.37. The highest BCUT2D eigenvalue weighted by molar-refractivity contribution is 7.99. The zero-order valence-corrected chi connectivity index (χ0v) is 12.7. The second-order valence-corrected chi connectivity index (χ2v) is 6.60. The minimum absolute atomic E-state index is 0.846. The Morgan fingerprint density at radius 2 is 1.80 bits per heavy atom. The number of para-hydroxylation sites is 1. The van der Waals surface area contributed by atoms with Gasteiger partial charge in [-0.25, -0.2) is 0 Å². The first-order chi connectivity index (χ1) is 9.86. The predicted octanol–water partition coefficient (Wildman–Crippen LogP) is 5.29. The molecule has 3 rings (SSSR count). The molecule has 1 aliphatic rings. The van der Waals surface area contributed by atoms with Gasteiger partial charge in [0.05, 0.1) is 0 Å². The van der Waals surface area contributed by atoms with Crippen molar-refractivity contribution >= 4 is 17.4 Å². The van der Waals surface area contributed by atoms with Crippen molar-refractivity contribution in [3.63, 3.8) is 0 Å². The molecular weight excluding hydrogens is 262 g/mol. The van der Waals surface area contributed by atoms with Crippen LogP contribution in [0.1, 0.15) is 36.8 Å². The maximum Gasteiger partial charge on any atom is 0.0481 e. The van der Waals surface area contributed by atoms with E-state index < -0.39 is 0 Å². The number of rotatable bonds is 6. The molecule has 2 heteroatoms. The molecule has 0 atom stereocenters. The highest BCUT2D eigenvalue weighted by atomic mass is 32.2. The van der Waals surface area contributed by atoms with Crippen molar-refractivity contribution in [1.82, 2.24) is 0 Å². The van der Waals surface area contributed by atoms with Gasteiger partial charge in [0.1, 0.15) is 0 Å². The molecule has 0 radical (unpaired) electrons. The fourth-order valence-corrected chi connectivity index (χ4v) is 3.20. The van der Waals surface area contributed by atoms with Crippen LogP contribution in [0, 0.1) is 0 Å². The molecule has 0 bridgehead atoms. The maximum absolute atomic E-state index is 3.56. The summed E-state index contributed by atoms with van der Waals surface area (Å²) < 4.78 is 0.